The van der Waals surface area contributed by atoms with E-state index in [1.54, 1.807) is 14.2 Å². The van der Waals surface area contributed by atoms with Gasteiger partial charge in [0.05, 0.1) is 14.2 Å². The number of hydrogen-bond donors (Lipinski definition) is 1. The minimum Gasteiger partial charge on any atom is -0.497 e. The van der Waals surface area contributed by atoms with Crippen LogP contribution in [-0.2, 0) is 0 Å². The summed E-state index contributed by atoms with van der Waals surface area (Å²) in [6.45, 7) is 6.67. The van der Waals surface area contributed by atoms with Crippen molar-refractivity contribution in [2.24, 2.45) is 11.1 Å². The Kier molecular flexibility index (Phi) is 5.03. The van der Waals surface area contributed by atoms with E-state index in [1.807, 2.05) is 18.2 Å². The molecule has 1 aromatic rings. The fourth-order valence-electron chi connectivity index (χ4n) is 1.87. The maximum absolute atomic E-state index is 6.27. The smallest absolute Gasteiger partial charge is 0.123 e. The van der Waals surface area contributed by atoms with Crippen LogP contribution in [0.1, 0.15) is 45.2 Å². The van der Waals surface area contributed by atoms with Crippen molar-refractivity contribution >= 4 is 0 Å². The lowest BCUT2D eigenvalue weighted by Gasteiger charge is -2.22. The largest absolute Gasteiger partial charge is 0.497 e. The molecule has 0 amide bonds. The summed E-state index contributed by atoms with van der Waals surface area (Å²) in [4.78, 5) is 0. The minimum absolute atomic E-state index is 0.0192. The number of rotatable bonds is 5. The predicted octanol–water partition coefficient (Wildman–Crippen LogP) is 3.53. The summed E-state index contributed by atoms with van der Waals surface area (Å²) >= 11 is 0. The maximum Gasteiger partial charge on any atom is 0.123 e. The van der Waals surface area contributed by atoms with Gasteiger partial charge >= 0.3 is 0 Å². The lowest BCUT2D eigenvalue weighted by Crippen LogP contribution is -2.15. The molecule has 1 rings (SSSR count). The van der Waals surface area contributed by atoms with E-state index in [0.717, 1.165) is 29.9 Å². The number of methoxy groups -OCH3 is 2. The van der Waals surface area contributed by atoms with Crippen LogP contribution in [-0.4, -0.2) is 14.2 Å². The molecule has 102 valence electrons. The molecule has 18 heavy (non-hydrogen) atoms. The standard InChI is InChI=1S/C15H25NO2/c1-15(2,3)9-8-13(16)12-10-11(17-4)6-7-14(12)18-5/h6-7,10,13H,8-9,16H2,1-5H3. The monoisotopic (exact) mass is 251 g/mol. The Hall–Kier alpha value is -1.22. The summed E-state index contributed by atoms with van der Waals surface area (Å²) in [6, 6.07) is 5.74. The Balaban J connectivity index is 2.85. The van der Waals surface area contributed by atoms with Gasteiger partial charge in [0.2, 0.25) is 0 Å². The van der Waals surface area contributed by atoms with Crippen LogP contribution in [0.5, 0.6) is 11.5 Å². The van der Waals surface area contributed by atoms with Gasteiger partial charge in [0.25, 0.3) is 0 Å². The molecule has 0 aliphatic heterocycles. The first-order valence-electron chi connectivity index (χ1n) is 6.35. The second-order valence-electron chi connectivity index (χ2n) is 5.81. The second kappa shape index (κ2) is 6.10. The van der Waals surface area contributed by atoms with E-state index in [9.17, 15) is 0 Å². The molecule has 0 aromatic heterocycles. The molecule has 0 fully saturated rings. The summed E-state index contributed by atoms with van der Waals surface area (Å²) in [7, 11) is 3.33. The third kappa shape index (κ3) is 4.22. The number of ether oxygens (including phenoxy) is 2. The number of benzene rings is 1. The molecule has 3 nitrogen and oxygen atoms in total. The van der Waals surface area contributed by atoms with E-state index in [4.69, 9.17) is 15.2 Å². The van der Waals surface area contributed by atoms with Crippen molar-refractivity contribution in [2.45, 2.75) is 39.7 Å². The molecule has 0 spiro atoms. The molecule has 1 aromatic carbocycles. The first-order valence-corrected chi connectivity index (χ1v) is 6.35. The zero-order valence-corrected chi connectivity index (χ0v) is 12.1. The molecule has 0 saturated heterocycles. The van der Waals surface area contributed by atoms with Crippen molar-refractivity contribution in [3.05, 3.63) is 23.8 Å². The van der Waals surface area contributed by atoms with Gasteiger partial charge in [-0.3, -0.25) is 0 Å². The molecule has 0 aliphatic rings. The SMILES string of the molecule is COc1ccc(OC)c(C(N)CCC(C)(C)C)c1. The highest BCUT2D eigenvalue weighted by atomic mass is 16.5. The highest BCUT2D eigenvalue weighted by Gasteiger charge is 2.17. The maximum atomic E-state index is 6.27. The molecule has 0 aliphatic carbocycles. The van der Waals surface area contributed by atoms with Gasteiger partial charge in [-0.1, -0.05) is 20.8 Å². The van der Waals surface area contributed by atoms with Gasteiger partial charge in [-0.05, 0) is 36.5 Å². The molecule has 3 heteroatoms. The zero-order valence-electron chi connectivity index (χ0n) is 12.1. The van der Waals surface area contributed by atoms with Crippen LogP contribution in [0.2, 0.25) is 0 Å². The molecule has 0 bridgehead atoms. The van der Waals surface area contributed by atoms with Gasteiger partial charge in [-0.15, -0.1) is 0 Å². The number of hydrogen-bond acceptors (Lipinski definition) is 3. The number of nitrogens with two attached hydrogens (primary N) is 1. The highest BCUT2D eigenvalue weighted by molar-refractivity contribution is 5.42. The van der Waals surface area contributed by atoms with E-state index >= 15 is 0 Å². The van der Waals surface area contributed by atoms with Crippen LogP contribution in [0, 0.1) is 5.41 Å². The summed E-state index contributed by atoms with van der Waals surface area (Å²) in [5, 5.41) is 0. The van der Waals surface area contributed by atoms with E-state index in [-0.39, 0.29) is 6.04 Å². The molecule has 0 heterocycles. The van der Waals surface area contributed by atoms with Gasteiger partial charge in [0.15, 0.2) is 0 Å². The normalized spacial score (nSPS) is 13.2. The Bertz CT molecular complexity index is 383. The average Bonchev–Trinajstić information content (AvgIpc) is 2.34. The summed E-state index contributed by atoms with van der Waals surface area (Å²) in [5.74, 6) is 1.65. The quantitative estimate of drug-likeness (QED) is 0.870. The van der Waals surface area contributed by atoms with Gasteiger partial charge in [-0.2, -0.15) is 0 Å². The zero-order chi connectivity index (χ0) is 13.8. The van der Waals surface area contributed by atoms with Gasteiger partial charge in [0.1, 0.15) is 11.5 Å². The average molecular weight is 251 g/mol. The summed E-state index contributed by atoms with van der Waals surface area (Å²) < 4.78 is 10.6. The van der Waals surface area contributed by atoms with E-state index in [1.165, 1.54) is 0 Å². The minimum atomic E-state index is -0.0192. The van der Waals surface area contributed by atoms with Crippen molar-refractivity contribution in [3.8, 4) is 11.5 Å². The molecular weight excluding hydrogens is 226 g/mol. The molecule has 1 unspecified atom stereocenters. The third-order valence-corrected chi connectivity index (χ3v) is 3.04. The van der Waals surface area contributed by atoms with Crippen molar-refractivity contribution in [1.82, 2.24) is 0 Å². The van der Waals surface area contributed by atoms with Crippen LogP contribution in [0.3, 0.4) is 0 Å². The first-order chi connectivity index (χ1) is 8.37. The van der Waals surface area contributed by atoms with Crippen LogP contribution in [0.25, 0.3) is 0 Å². The van der Waals surface area contributed by atoms with Crippen molar-refractivity contribution < 1.29 is 9.47 Å². The molecule has 1 atom stereocenters. The Labute approximate surface area is 110 Å². The topological polar surface area (TPSA) is 44.5 Å². The van der Waals surface area contributed by atoms with Gasteiger partial charge in [-0.25, -0.2) is 0 Å². The van der Waals surface area contributed by atoms with Crippen LogP contribution < -0.4 is 15.2 Å². The summed E-state index contributed by atoms with van der Waals surface area (Å²) in [5.41, 5.74) is 7.58. The third-order valence-electron chi connectivity index (χ3n) is 3.04. The van der Waals surface area contributed by atoms with E-state index in [2.05, 4.69) is 20.8 Å². The second-order valence-corrected chi connectivity index (χ2v) is 5.81. The molecule has 0 saturated carbocycles. The Morgan fingerprint density at radius 1 is 1.17 bits per heavy atom. The van der Waals surface area contributed by atoms with Crippen molar-refractivity contribution in [2.75, 3.05) is 14.2 Å². The lowest BCUT2D eigenvalue weighted by molar-refractivity contribution is 0.343. The van der Waals surface area contributed by atoms with Crippen LogP contribution in [0.4, 0.5) is 0 Å². The van der Waals surface area contributed by atoms with E-state index < -0.39 is 0 Å². The lowest BCUT2D eigenvalue weighted by atomic mass is 9.87. The van der Waals surface area contributed by atoms with Crippen molar-refractivity contribution in [3.63, 3.8) is 0 Å². The fraction of sp³-hybridized carbons (Fsp3) is 0.600. The van der Waals surface area contributed by atoms with Crippen LogP contribution in [0.15, 0.2) is 18.2 Å². The van der Waals surface area contributed by atoms with Gasteiger partial charge in [0, 0.05) is 11.6 Å². The van der Waals surface area contributed by atoms with Crippen LogP contribution >= 0.6 is 0 Å². The highest BCUT2D eigenvalue weighted by Crippen LogP contribution is 2.32. The predicted molar refractivity (Wildman–Crippen MR) is 75.2 cm³/mol. The van der Waals surface area contributed by atoms with Gasteiger partial charge < -0.3 is 15.2 Å². The summed E-state index contributed by atoms with van der Waals surface area (Å²) in [6.07, 6.45) is 2.02. The molecule has 2 N–H and O–H groups in total. The molecule has 0 radical (unpaired) electrons. The Morgan fingerprint density at radius 2 is 1.83 bits per heavy atom. The Morgan fingerprint density at radius 3 is 2.33 bits per heavy atom. The fourth-order valence-corrected chi connectivity index (χ4v) is 1.87. The van der Waals surface area contributed by atoms with Crippen molar-refractivity contribution in [1.29, 1.82) is 0 Å². The molecular formula is C15H25NO2. The first kappa shape index (κ1) is 14.8. The van der Waals surface area contributed by atoms with E-state index in [0.29, 0.717) is 5.41 Å².